The maximum Gasteiger partial charge on any atom is 0.416 e. The first-order valence-corrected chi connectivity index (χ1v) is 15.4. The van der Waals surface area contributed by atoms with Crippen molar-refractivity contribution in [2.45, 2.75) is 70.8 Å². The molecule has 2 amide bonds. The quantitative estimate of drug-likeness (QED) is 0.267. The SMILES string of the molecule is CCCCC(=O)NCC1CCC(CN(Cc2ccccc2)S(=O)(=O)NC(=O)c2cc(C(F)(F)F)cc(C(F)(F)F)c2)CC1. The molecule has 0 radical (unpaired) electrons. The summed E-state index contributed by atoms with van der Waals surface area (Å²) in [6.45, 7) is 2.32. The average molecular weight is 636 g/mol. The molecule has 238 valence electrons. The van der Waals surface area contributed by atoms with Gasteiger partial charge in [0.2, 0.25) is 5.91 Å². The molecule has 0 spiro atoms. The van der Waals surface area contributed by atoms with Crippen LogP contribution in [0, 0.1) is 11.8 Å². The van der Waals surface area contributed by atoms with E-state index in [9.17, 15) is 44.3 Å². The molecule has 3 rings (SSSR count). The normalized spacial score (nSPS) is 18.0. The molecule has 1 aliphatic carbocycles. The number of alkyl halides is 6. The van der Waals surface area contributed by atoms with Crippen LogP contribution in [-0.4, -0.2) is 37.6 Å². The Morgan fingerprint density at radius 1 is 0.884 bits per heavy atom. The Kier molecular flexibility index (Phi) is 11.6. The molecule has 2 aromatic rings. The molecule has 14 heteroatoms. The van der Waals surface area contributed by atoms with E-state index in [1.165, 1.54) is 0 Å². The van der Waals surface area contributed by atoms with Crippen LogP contribution < -0.4 is 10.0 Å². The molecule has 43 heavy (non-hydrogen) atoms. The molecular weight excluding hydrogens is 600 g/mol. The van der Waals surface area contributed by atoms with Gasteiger partial charge in [-0.3, -0.25) is 9.59 Å². The number of carbonyl (C=O) groups excluding carboxylic acids is 2. The van der Waals surface area contributed by atoms with E-state index in [-0.39, 0.29) is 49.0 Å². The molecule has 0 atom stereocenters. The number of nitrogens with one attached hydrogen (secondary N) is 2. The van der Waals surface area contributed by atoms with Crippen molar-refractivity contribution in [2.24, 2.45) is 11.8 Å². The van der Waals surface area contributed by atoms with E-state index in [0.29, 0.717) is 31.4 Å². The minimum atomic E-state index is -5.20. The first-order valence-electron chi connectivity index (χ1n) is 14.0. The van der Waals surface area contributed by atoms with Crippen LogP contribution in [0.25, 0.3) is 0 Å². The summed E-state index contributed by atoms with van der Waals surface area (Å²) in [6, 6.07) is 8.63. The fourth-order valence-electron chi connectivity index (χ4n) is 4.95. The Bertz CT molecular complexity index is 1310. The molecule has 0 aliphatic heterocycles. The largest absolute Gasteiger partial charge is 0.416 e. The van der Waals surface area contributed by atoms with Crippen LogP contribution in [0.15, 0.2) is 48.5 Å². The number of benzene rings is 2. The molecule has 0 saturated heterocycles. The predicted octanol–water partition coefficient (Wildman–Crippen LogP) is 6.31. The molecule has 0 aromatic heterocycles. The van der Waals surface area contributed by atoms with Gasteiger partial charge in [-0.2, -0.15) is 39.1 Å². The summed E-state index contributed by atoms with van der Waals surface area (Å²) in [5.74, 6) is -1.52. The van der Waals surface area contributed by atoms with Crippen LogP contribution >= 0.6 is 0 Å². The van der Waals surface area contributed by atoms with Crippen molar-refractivity contribution < 1.29 is 44.3 Å². The smallest absolute Gasteiger partial charge is 0.356 e. The Balaban J connectivity index is 1.75. The second-order valence-electron chi connectivity index (χ2n) is 10.8. The molecule has 1 saturated carbocycles. The van der Waals surface area contributed by atoms with Crippen molar-refractivity contribution >= 4 is 22.0 Å². The first kappa shape index (κ1) is 34.4. The van der Waals surface area contributed by atoms with E-state index in [2.05, 4.69) is 5.32 Å². The van der Waals surface area contributed by atoms with Gasteiger partial charge < -0.3 is 5.32 Å². The average Bonchev–Trinajstić information content (AvgIpc) is 2.94. The van der Waals surface area contributed by atoms with Gasteiger partial charge in [0.25, 0.3) is 5.91 Å². The topological polar surface area (TPSA) is 95.6 Å². The highest BCUT2D eigenvalue weighted by atomic mass is 32.2. The van der Waals surface area contributed by atoms with Crippen LogP contribution in [0.2, 0.25) is 0 Å². The summed E-state index contributed by atoms with van der Waals surface area (Å²) >= 11 is 0. The lowest BCUT2D eigenvalue weighted by Gasteiger charge is -2.32. The zero-order chi connectivity index (χ0) is 31.8. The molecule has 2 N–H and O–H groups in total. The first-order chi connectivity index (χ1) is 20.1. The van der Waals surface area contributed by atoms with Crippen molar-refractivity contribution in [2.75, 3.05) is 13.1 Å². The number of halogens is 6. The van der Waals surface area contributed by atoms with Crippen LogP contribution in [-0.2, 0) is 33.9 Å². The predicted molar refractivity (Wildman–Crippen MR) is 148 cm³/mol. The summed E-state index contributed by atoms with van der Waals surface area (Å²) in [5.41, 5.74) is -3.98. The van der Waals surface area contributed by atoms with Crippen molar-refractivity contribution in [3.05, 3.63) is 70.8 Å². The Morgan fingerprint density at radius 3 is 1.98 bits per heavy atom. The van der Waals surface area contributed by atoms with Gasteiger partial charge in [-0.15, -0.1) is 0 Å². The number of carbonyl (C=O) groups is 2. The summed E-state index contributed by atoms with van der Waals surface area (Å²) in [4.78, 5) is 24.8. The van der Waals surface area contributed by atoms with Crippen molar-refractivity contribution in [3.8, 4) is 0 Å². The van der Waals surface area contributed by atoms with Gasteiger partial charge in [-0.05, 0) is 67.7 Å². The van der Waals surface area contributed by atoms with Crippen molar-refractivity contribution in [1.29, 1.82) is 0 Å². The van der Waals surface area contributed by atoms with E-state index >= 15 is 0 Å². The Morgan fingerprint density at radius 2 is 1.44 bits per heavy atom. The molecule has 0 heterocycles. The van der Waals surface area contributed by atoms with Crippen LogP contribution in [0.1, 0.15) is 78.9 Å². The number of amides is 2. The van der Waals surface area contributed by atoms with E-state index in [1.807, 2.05) is 6.92 Å². The third-order valence-electron chi connectivity index (χ3n) is 7.39. The fraction of sp³-hybridized carbons (Fsp3) is 0.517. The summed E-state index contributed by atoms with van der Waals surface area (Å²) in [5, 5.41) is 2.93. The lowest BCUT2D eigenvalue weighted by atomic mass is 9.82. The summed E-state index contributed by atoms with van der Waals surface area (Å²) in [7, 11) is -4.69. The van der Waals surface area contributed by atoms with Crippen molar-refractivity contribution in [3.63, 3.8) is 0 Å². The summed E-state index contributed by atoms with van der Waals surface area (Å²) < 4.78 is 109. The van der Waals surface area contributed by atoms with Gasteiger partial charge in [0.1, 0.15) is 0 Å². The lowest BCUT2D eigenvalue weighted by Crippen LogP contribution is -2.45. The number of rotatable bonds is 12. The maximum atomic E-state index is 13.4. The van der Waals surface area contributed by atoms with E-state index in [0.717, 1.165) is 30.0 Å². The highest BCUT2D eigenvalue weighted by Gasteiger charge is 2.38. The molecule has 0 unspecified atom stereocenters. The van der Waals surface area contributed by atoms with Gasteiger partial charge in [0, 0.05) is 31.6 Å². The third kappa shape index (κ3) is 10.5. The van der Waals surface area contributed by atoms with E-state index in [4.69, 9.17) is 0 Å². The third-order valence-corrected chi connectivity index (χ3v) is 8.79. The zero-order valence-electron chi connectivity index (χ0n) is 23.6. The molecule has 2 aromatic carbocycles. The van der Waals surface area contributed by atoms with Crippen molar-refractivity contribution in [1.82, 2.24) is 14.3 Å². The van der Waals surface area contributed by atoms with Crippen LogP contribution in [0.3, 0.4) is 0 Å². The lowest BCUT2D eigenvalue weighted by molar-refractivity contribution is -0.143. The Labute approximate surface area is 247 Å². The second kappa shape index (κ2) is 14.6. The van der Waals surface area contributed by atoms with E-state index < -0.39 is 45.2 Å². The van der Waals surface area contributed by atoms with Gasteiger partial charge in [-0.1, -0.05) is 43.7 Å². The number of unbranched alkanes of at least 4 members (excludes halogenated alkanes) is 1. The number of hydrogen-bond acceptors (Lipinski definition) is 4. The van der Waals surface area contributed by atoms with E-state index in [1.54, 1.807) is 35.1 Å². The second-order valence-corrected chi connectivity index (χ2v) is 12.5. The van der Waals surface area contributed by atoms with Gasteiger partial charge in [0.15, 0.2) is 0 Å². The Hall–Kier alpha value is -3.13. The van der Waals surface area contributed by atoms with Crippen LogP contribution in [0.4, 0.5) is 26.3 Å². The highest BCUT2D eigenvalue weighted by molar-refractivity contribution is 7.87. The van der Waals surface area contributed by atoms with Gasteiger partial charge >= 0.3 is 22.6 Å². The molecule has 7 nitrogen and oxygen atoms in total. The molecule has 0 bridgehead atoms. The zero-order valence-corrected chi connectivity index (χ0v) is 24.4. The molecule has 1 fully saturated rings. The maximum absolute atomic E-state index is 13.4. The van der Waals surface area contributed by atoms with Crippen LogP contribution in [0.5, 0.6) is 0 Å². The minimum absolute atomic E-state index is 0.0111. The minimum Gasteiger partial charge on any atom is -0.356 e. The summed E-state index contributed by atoms with van der Waals surface area (Å²) in [6.07, 6.45) is -5.50. The standard InChI is InChI=1S/C29H35F6N3O4S/c1-2-3-9-26(39)36-17-20-10-12-22(13-11-20)19-38(18-21-7-5-4-6-8-21)43(41,42)37-27(40)23-14-24(28(30,31)32)16-25(15-23)29(33,34)35/h4-8,14-16,20,22H,2-3,9-13,17-19H2,1H3,(H,36,39)(H,37,40). The highest BCUT2D eigenvalue weighted by Crippen LogP contribution is 2.36. The van der Waals surface area contributed by atoms with Gasteiger partial charge in [-0.25, -0.2) is 4.72 Å². The fourth-order valence-corrected chi connectivity index (χ4v) is 6.16. The number of nitrogens with zero attached hydrogens (tertiary/aromatic N) is 1. The molecule has 1 aliphatic rings. The van der Waals surface area contributed by atoms with Gasteiger partial charge in [0.05, 0.1) is 11.1 Å². The molecular formula is C29H35F6N3O4S. The monoisotopic (exact) mass is 635 g/mol. The number of hydrogen-bond donors (Lipinski definition) is 2.